The number of hydrogen-bond donors (Lipinski definition) is 0. The van der Waals surface area contributed by atoms with Gasteiger partial charge in [0.1, 0.15) is 0 Å². The normalized spacial score (nSPS) is 26.5. The SMILES string of the molecule is CC(=O)Oc1nccc2c1C1CCC2C1. The maximum Gasteiger partial charge on any atom is 0.309 e. The molecule has 2 atom stereocenters. The molecule has 3 nitrogen and oxygen atoms in total. The molecule has 2 aliphatic rings. The molecule has 1 fully saturated rings. The lowest BCUT2D eigenvalue weighted by Gasteiger charge is -2.16. The molecule has 1 heterocycles. The topological polar surface area (TPSA) is 39.2 Å². The number of nitrogens with zero attached hydrogens (tertiary/aromatic N) is 1. The maximum absolute atomic E-state index is 11.0. The minimum Gasteiger partial charge on any atom is -0.407 e. The quantitative estimate of drug-likeness (QED) is 0.658. The van der Waals surface area contributed by atoms with Crippen LogP contribution >= 0.6 is 0 Å². The molecule has 3 rings (SSSR count). The lowest BCUT2D eigenvalue weighted by Crippen LogP contribution is -2.08. The Morgan fingerprint density at radius 2 is 2.27 bits per heavy atom. The van der Waals surface area contributed by atoms with Crippen LogP contribution in [0, 0.1) is 0 Å². The van der Waals surface area contributed by atoms with E-state index >= 15 is 0 Å². The summed E-state index contributed by atoms with van der Waals surface area (Å²) < 4.78 is 5.16. The molecule has 0 radical (unpaired) electrons. The van der Waals surface area contributed by atoms with Gasteiger partial charge in [-0.3, -0.25) is 4.79 Å². The van der Waals surface area contributed by atoms with Crippen molar-refractivity contribution in [3.8, 4) is 5.88 Å². The molecule has 0 saturated heterocycles. The van der Waals surface area contributed by atoms with Gasteiger partial charge in [-0.25, -0.2) is 4.98 Å². The van der Waals surface area contributed by atoms with Crippen molar-refractivity contribution in [2.75, 3.05) is 0 Å². The molecule has 0 N–H and O–H groups in total. The highest BCUT2D eigenvalue weighted by atomic mass is 16.5. The van der Waals surface area contributed by atoms with E-state index in [9.17, 15) is 4.79 Å². The molecule has 2 aliphatic carbocycles. The van der Waals surface area contributed by atoms with Gasteiger partial charge in [0.05, 0.1) is 0 Å². The van der Waals surface area contributed by atoms with Crippen LogP contribution in [-0.4, -0.2) is 11.0 Å². The number of pyridine rings is 1. The third kappa shape index (κ3) is 1.26. The maximum atomic E-state index is 11.0. The van der Waals surface area contributed by atoms with Crippen molar-refractivity contribution < 1.29 is 9.53 Å². The Morgan fingerprint density at radius 3 is 3.07 bits per heavy atom. The molecule has 1 saturated carbocycles. The highest BCUT2D eigenvalue weighted by Gasteiger charge is 2.39. The van der Waals surface area contributed by atoms with Gasteiger partial charge in [0.2, 0.25) is 5.88 Å². The fourth-order valence-corrected chi connectivity index (χ4v) is 2.98. The van der Waals surface area contributed by atoms with E-state index in [1.165, 1.54) is 37.3 Å². The first-order chi connectivity index (χ1) is 7.25. The van der Waals surface area contributed by atoms with Crippen LogP contribution in [0.4, 0.5) is 0 Å². The first-order valence-corrected chi connectivity index (χ1v) is 5.43. The van der Waals surface area contributed by atoms with Gasteiger partial charge >= 0.3 is 5.97 Å². The molecular weight excluding hydrogens is 190 g/mol. The highest BCUT2D eigenvalue weighted by Crippen LogP contribution is 2.55. The van der Waals surface area contributed by atoms with Crippen molar-refractivity contribution in [3.63, 3.8) is 0 Å². The van der Waals surface area contributed by atoms with Gasteiger partial charge in [-0.05, 0) is 42.7 Å². The molecular formula is C12H13NO2. The van der Waals surface area contributed by atoms with Crippen LogP contribution in [0.15, 0.2) is 12.3 Å². The van der Waals surface area contributed by atoms with Crippen LogP contribution in [0.25, 0.3) is 0 Å². The first-order valence-electron chi connectivity index (χ1n) is 5.43. The van der Waals surface area contributed by atoms with E-state index in [1.807, 2.05) is 0 Å². The van der Waals surface area contributed by atoms with E-state index in [4.69, 9.17) is 4.74 Å². The number of fused-ring (bicyclic) bond motifs is 5. The predicted molar refractivity (Wildman–Crippen MR) is 54.9 cm³/mol. The molecule has 15 heavy (non-hydrogen) atoms. The summed E-state index contributed by atoms with van der Waals surface area (Å²) in [6.45, 7) is 1.42. The largest absolute Gasteiger partial charge is 0.407 e. The minimum absolute atomic E-state index is 0.279. The summed E-state index contributed by atoms with van der Waals surface area (Å²) in [7, 11) is 0. The average Bonchev–Trinajstić information content (AvgIpc) is 2.77. The van der Waals surface area contributed by atoms with Crippen LogP contribution in [0.2, 0.25) is 0 Å². The van der Waals surface area contributed by atoms with Crippen molar-refractivity contribution in [2.24, 2.45) is 0 Å². The lowest BCUT2D eigenvalue weighted by atomic mass is 9.93. The summed E-state index contributed by atoms with van der Waals surface area (Å²) in [5, 5.41) is 0. The van der Waals surface area contributed by atoms with Crippen molar-refractivity contribution in [2.45, 2.75) is 38.0 Å². The summed E-state index contributed by atoms with van der Waals surface area (Å²) in [6.07, 6.45) is 5.46. The van der Waals surface area contributed by atoms with Crippen LogP contribution in [0.3, 0.4) is 0 Å². The number of esters is 1. The third-order valence-electron chi connectivity index (χ3n) is 3.51. The summed E-state index contributed by atoms with van der Waals surface area (Å²) in [6, 6.07) is 2.08. The van der Waals surface area contributed by atoms with Gasteiger partial charge in [0.25, 0.3) is 0 Å². The Labute approximate surface area is 88.5 Å². The second-order valence-corrected chi connectivity index (χ2v) is 4.42. The number of carbonyl (C=O) groups is 1. The molecule has 2 unspecified atom stereocenters. The molecule has 0 spiro atoms. The Hall–Kier alpha value is -1.38. The second kappa shape index (κ2) is 3.05. The Morgan fingerprint density at radius 1 is 1.47 bits per heavy atom. The van der Waals surface area contributed by atoms with Crippen molar-refractivity contribution in [3.05, 3.63) is 23.4 Å². The number of ether oxygens (including phenoxy) is 1. The summed E-state index contributed by atoms with van der Waals surface area (Å²) >= 11 is 0. The van der Waals surface area contributed by atoms with Crippen LogP contribution in [-0.2, 0) is 4.79 Å². The number of hydrogen-bond acceptors (Lipinski definition) is 3. The Bertz CT molecular complexity index is 428. The van der Waals surface area contributed by atoms with E-state index in [-0.39, 0.29) is 5.97 Å². The van der Waals surface area contributed by atoms with Gasteiger partial charge in [-0.15, -0.1) is 0 Å². The number of aromatic nitrogens is 1. The van der Waals surface area contributed by atoms with E-state index < -0.39 is 0 Å². The molecule has 78 valence electrons. The Kier molecular flexibility index (Phi) is 1.81. The van der Waals surface area contributed by atoms with E-state index in [1.54, 1.807) is 6.20 Å². The fourth-order valence-electron chi connectivity index (χ4n) is 2.98. The van der Waals surface area contributed by atoms with Crippen molar-refractivity contribution in [1.82, 2.24) is 4.98 Å². The molecule has 1 aromatic heterocycles. The second-order valence-electron chi connectivity index (χ2n) is 4.42. The van der Waals surface area contributed by atoms with Gasteiger partial charge in [0, 0.05) is 18.7 Å². The summed E-state index contributed by atoms with van der Waals surface area (Å²) in [5.74, 6) is 1.53. The lowest BCUT2D eigenvalue weighted by molar-refractivity contribution is -0.132. The molecule has 1 aromatic rings. The minimum atomic E-state index is -0.279. The van der Waals surface area contributed by atoms with Crippen LogP contribution < -0.4 is 4.74 Å². The monoisotopic (exact) mass is 203 g/mol. The van der Waals surface area contributed by atoms with E-state index in [0.29, 0.717) is 17.7 Å². The van der Waals surface area contributed by atoms with Crippen LogP contribution in [0.5, 0.6) is 5.88 Å². The van der Waals surface area contributed by atoms with Gasteiger partial charge in [-0.2, -0.15) is 0 Å². The molecule has 2 bridgehead atoms. The first kappa shape index (κ1) is 8.89. The van der Waals surface area contributed by atoms with Gasteiger partial charge in [0.15, 0.2) is 0 Å². The van der Waals surface area contributed by atoms with Crippen LogP contribution in [0.1, 0.15) is 49.1 Å². The van der Waals surface area contributed by atoms with Crippen molar-refractivity contribution >= 4 is 5.97 Å². The standard InChI is InChI=1S/C12H13NO2/c1-7(14)15-12-11-9-3-2-8(6-9)10(11)4-5-13-12/h4-5,8-9H,2-3,6H2,1H3. The van der Waals surface area contributed by atoms with Crippen molar-refractivity contribution in [1.29, 1.82) is 0 Å². The Balaban J connectivity index is 2.07. The number of carbonyl (C=O) groups excluding carboxylic acids is 1. The highest BCUT2D eigenvalue weighted by molar-refractivity contribution is 5.69. The predicted octanol–water partition coefficient (Wildman–Crippen LogP) is 2.37. The zero-order valence-electron chi connectivity index (χ0n) is 8.69. The van der Waals surface area contributed by atoms with E-state index in [2.05, 4.69) is 11.1 Å². The zero-order valence-corrected chi connectivity index (χ0v) is 8.69. The zero-order chi connectivity index (χ0) is 10.4. The third-order valence-corrected chi connectivity index (χ3v) is 3.51. The molecule has 0 amide bonds. The van der Waals surface area contributed by atoms with Gasteiger partial charge in [-0.1, -0.05) is 0 Å². The molecule has 0 aliphatic heterocycles. The van der Waals surface area contributed by atoms with Gasteiger partial charge < -0.3 is 4.74 Å². The summed E-state index contributed by atoms with van der Waals surface area (Å²) in [5.41, 5.74) is 2.56. The number of rotatable bonds is 1. The fraction of sp³-hybridized carbons (Fsp3) is 0.500. The molecule has 3 heteroatoms. The van der Waals surface area contributed by atoms with E-state index in [0.717, 1.165) is 0 Å². The summed E-state index contributed by atoms with van der Waals surface area (Å²) in [4.78, 5) is 15.1. The smallest absolute Gasteiger partial charge is 0.309 e. The molecule has 0 aromatic carbocycles. The average molecular weight is 203 g/mol.